The molecule has 3 rings (SSSR count). The second-order valence-electron chi connectivity index (χ2n) is 5.77. The first-order valence-corrected chi connectivity index (χ1v) is 7.96. The average Bonchev–Trinajstić information content (AvgIpc) is 2.96. The third-order valence-electron chi connectivity index (χ3n) is 3.97. The van der Waals surface area contributed by atoms with Crippen LogP contribution in [0.4, 0.5) is 0 Å². The summed E-state index contributed by atoms with van der Waals surface area (Å²) in [5, 5.41) is 2.94. The molecule has 0 aliphatic rings. The zero-order chi connectivity index (χ0) is 16.9. The van der Waals surface area contributed by atoms with Gasteiger partial charge < -0.3 is 9.73 Å². The first-order chi connectivity index (χ1) is 11.6. The Morgan fingerprint density at radius 3 is 2.50 bits per heavy atom. The largest absolute Gasteiger partial charge is 0.440 e. The van der Waals surface area contributed by atoms with E-state index in [0.29, 0.717) is 18.2 Å². The van der Waals surface area contributed by atoms with Crippen LogP contribution in [0, 0.1) is 13.8 Å². The molecule has 122 valence electrons. The molecular formula is C20H20N2O2. The SMILES string of the molecule is Cc1ccccc1CNC(=O)Cc1oc(-c2ccccc2)nc1C. The number of amides is 1. The quantitative estimate of drug-likeness (QED) is 0.777. The fourth-order valence-corrected chi connectivity index (χ4v) is 2.51. The Bertz CT molecular complexity index is 838. The predicted molar refractivity (Wildman–Crippen MR) is 93.4 cm³/mol. The van der Waals surface area contributed by atoms with E-state index < -0.39 is 0 Å². The number of carbonyl (C=O) groups is 1. The molecule has 4 nitrogen and oxygen atoms in total. The highest BCUT2D eigenvalue weighted by Gasteiger charge is 2.14. The zero-order valence-electron chi connectivity index (χ0n) is 13.9. The highest BCUT2D eigenvalue weighted by Crippen LogP contribution is 2.21. The van der Waals surface area contributed by atoms with Crippen molar-refractivity contribution in [3.8, 4) is 11.5 Å². The number of aryl methyl sites for hydroxylation is 2. The van der Waals surface area contributed by atoms with Crippen LogP contribution in [-0.2, 0) is 17.8 Å². The molecule has 0 saturated heterocycles. The van der Waals surface area contributed by atoms with Crippen molar-refractivity contribution in [1.82, 2.24) is 10.3 Å². The molecule has 1 aromatic heterocycles. The fraction of sp³-hybridized carbons (Fsp3) is 0.200. The molecule has 3 aromatic rings. The highest BCUT2D eigenvalue weighted by atomic mass is 16.4. The van der Waals surface area contributed by atoms with Gasteiger partial charge >= 0.3 is 0 Å². The monoisotopic (exact) mass is 320 g/mol. The van der Waals surface area contributed by atoms with Gasteiger partial charge in [0.2, 0.25) is 11.8 Å². The Labute approximate surface area is 141 Å². The van der Waals surface area contributed by atoms with Crippen LogP contribution >= 0.6 is 0 Å². The molecule has 1 N–H and O–H groups in total. The van der Waals surface area contributed by atoms with Crippen LogP contribution in [0.5, 0.6) is 0 Å². The summed E-state index contributed by atoms with van der Waals surface area (Å²) in [6.07, 6.45) is 0.192. The lowest BCUT2D eigenvalue weighted by molar-refractivity contribution is -0.120. The van der Waals surface area contributed by atoms with Gasteiger partial charge in [0.25, 0.3) is 0 Å². The summed E-state index contributed by atoms with van der Waals surface area (Å²) in [5.41, 5.74) is 3.94. The van der Waals surface area contributed by atoms with Gasteiger partial charge in [-0.2, -0.15) is 0 Å². The summed E-state index contributed by atoms with van der Waals surface area (Å²) in [6.45, 7) is 4.42. The molecule has 0 aliphatic carbocycles. The Morgan fingerprint density at radius 2 is 1.75 bits per heavy atom. The van der Waals surface area contributed by atoms with E-state index >= 15 is 0 Å². The lowest BCUT2D eigenvalue weighted by Gasteiger charge is -2.07. The molecule has 0 aliphatic heterocycles. The molecule has 0 unspecified atom stereocenters. The van der Waals surface area contributed by atoms with Gasteiger partial charge in [-0.1, -0.05) is 42.5 Å². The summed E-state index contributed by atoms with van der Waals surface area (Å²) < 4.78 is 5.77. The number of benzene rings is 2. The summed E-state index contributed by atoms with van der Waals surface area (Å²) >= 11 is 0. The molecule has 0 saturated carbocycles. The molecule has 0 radical (unpaired) electrons. The van der Waals surface area contributed by atoms with Crippen LogP contribution in [0.25, 0.3) is 11.5 Å². The molecular weight excluding hydrogens is 300 g/mol. The molecule has 4 heteroatoms. The molecule has 0 bridgehead atoms. The average molecular weight is 320 g/mol. The second kappa shape index (κ2) is 7.13. The van der Waals surface area contributed by atoms with E-state index in [0.717, 1.165) is 16.8 Å². The van der Waals surface area contributed by atoms with Gasteiger partial charge in [-0.3, -0.25) is 4.79 Å². The third-order valence-corrected chi connectivity index (χ3v) is 3.97. The summed E-state index contributed by atoms with van der Waals surface area (Å²) in [5.74, 6) is 1.09. The van der Waals surface area contributed by atoms with Gasteiger partial charge in [0, 0.05) is 12.1 Å². The van der Waals surface area contributed by atoms with Crippen molar-refractivity contribution >= 4 is 5.91 Å². The maximum atomic E-state index is 12.2. The van der Waals surface area contributed by atoms with E-state index in [9.17, 15) is 4.79 Å². The second-order valence-corrected chi connectivity index (χ2v) is 5.77. The van der Waals surface area contributed by atoms with Crippen molar-refractivity contribution in [2.24, 2.45) is 0 Å². The van der Waals surface area contributed by atoms with Gasteiger partial charge in [-0.15, -0.1) is 0 Å². The lowest BCUT2D eigenvalue weighted by Crippen LogP contribution is -2.25. The van der Waals surface area contributed by atoms with E-state index in [1.54, 1.807) is 0 Å². The van der Waals surface area contributed by atoms with Crippen molar-refractivity contribution in [1.29, 1.82) is 0 Å². The predicted octanol–water partition coefficient (Wildman–Crippen LogP) is 3.82. The van der Waals surface area contributed by atoms with Gasteiger partial charge in [0.15, 0.2) is 0 Å². The number of hydrogen-bond acceptors (Lipinski definition) is 3. The van der Waals surface area contributed by atoms with Gasteiger partial charge in [-0.05, 0) is 37.1 Å². The maximum absolute atomic E-state index is 12.2. The van der Waals surface area contributed by atoms with E-state index in [1.165, 1.54) is 5.56 Å². The van der Waals surface area contributed by atoms with E-state index in [2.05, 4.69) is 10.3 Å². The molecule has 1 amide bonds. The minimum atomic E-state index is -0.0721. The van der Waals surface area contributed by atoms with E-state index in [4.69, 9.17) is 4.42 Å². The standard InChI is InChI=1S/C20H20N2O2/c1-14-8-6-7-11-17(14)13-21-19(23)12-18-15(2)22-20(24-18)16-9-4-3-5-10-16/h3-11H,12-13H2,1-2H3,(H,21,23). The number of carbonyl (C=O) groups excluding carboxylic acids is 1. The minimum Gasteiger partial charge on any atom is -0.440 e. The Kier molecular flexibility index (Phi) is 4.75. The minimum absolute atomic E-state index is 0.0721. The smallest absolute Gasteiger partial charge is 0.227 e. The van der Waals surface area contributed by atoms with Crippen molar-refractivity contribution in [3.05, 3.63) is 77.2 Å². The molecule has 0 fully saturated rings. The number of rotatable bonds is 5. The normalized spacial score (nSPS) is 10.6. The van der Waals surface area contributed by atoms with E-state index in [1.807, 2.05) is 68.4 Å². The maximum Gasteiger partial charge on any atom is 0.227 e. The molecule has 2 aromatic carbocycles. The third kappa shape index (κ3) is 3.71. The van der Waals surface area contributed by atoms with Crippen LogP contribution < -0.4 is 5.32 Å². The van der Waals surface area contributed by atoms with Crippen LogP contribution in [-0.4, -0.2) is 10.9 Å². The Balaban J connectivity index is 1.65. The molecule has 0 spiro atoms. The van der Waals surface area contributed by atoms with E-state index in [-0.39, 0.29) is 12.3 Å². The number of oxazole rings is 1. The van der Waals surface area contributed by atoms with Crippen LogP contribution in [0.2, 0.25) is 0 Å². The fourth-order valence-electron chi connectivity index (χ4n) is 2.51. The Morgan fingerprint density at radius 1 is 1.04 bits per heavy atom. The Hall–Kier alpha value is -2.88. The summed E-state index contributed by atoms with van der Waals surface area (Å²) in [6, 6.07) is 17.7. The topological polar surface area (TPSA) is 55.1 Å². The van der Waals surface area contributed by atoms with Gasteiger partial charge in [-0.25, -0.2) is 4.98 Å². The lowest BCUT2D eigenvalue weighted by atomic mass is 10.1. The number of nitrogens with zero attached hydrogens (tertiary/aromatic N) is 1. The van der Waals surface area contributed by atoms with Gasteiger partial charge in [0.1, 0.15) is 5.76 Å². The molecule has 0 atom stereocenters. The van der Waals surface area contributed by atoms with Crippen molar-refractivity contribution < 1.29 is 9.21 Å². The van der Waals surface area contributed by atoms with Crippen molar-refractivity contribution in [3.63, 3.8) is 0 Å². The summed E-state index contributed by atoms with van der Waals surface area (Å²) in [4.78, 5) is 16.6. The summed E-state index contributed by atoms with van der Waals surface area (Å²) in [7, 11) is 0. The molecule has 1 heterocycles. The first-order valence-electron chi connectivity index (χ1n) is 7.96. The zero-order valence-corrected chi connectivity index (χ0v) is 13.9. The van der Waals surface area contributed by atoms with Crippen LogP contribution in [0.3, 0.4) is 0 Å². The molecule has 24 heavy (non-hydrogen) atoms. The van der Waals surface area contributed by atoms with Crippen LogP contribution in [0.15, 0.2) is 59.0 Å². The van der Waals surface area contributed by atoms with Crippen molar-refractivity contribution in [2.45, 2.75) is 26.8 Å². The number of nitrogens with one attached hydrogen (secondary N) is 1. The first kappa shape index (κ1) is 16.0. The van der Waals surface area contributed by atoms with Crippen molar-refractivity contribution in [2.75, 3.05) is 0 Å². The highest BCUT2D eigenvalue weighted by molar-refractivity contribution is 5.78. The number of hydrogen-bond donors (Lipinski definition) is 1. The number of aromatic nitrogens is 1. The van der Waals surface area contributed by atoms with Gasteiger partial charge in [0.05, 0.1) is 12.1 Å². The van der Waals surface area contributed by atoms with Crippen LogP contribution in [0.1, 0.15) is 22.6 Å².